The van der Waals surface area contributed by atoms with Gasteiger partial charge in [0.15, 0.2) is 0 Å². The lowest BCUT2D eigenvalue weighted by Gasteiger charge is -2.20. The Bertz CT molecular complexity index is 839. The number of rotatable bonds is 5. The van der Waals surface area contributed by atoms with E-state index in [9.17, 15) is 9.59 Å². The normalized spacial score (nSPS) is 11.0. The highest BCUT2D eigenvalue weighted by Gasteiger charge is 2.19. The topological polar surface area (TPSA) is 86.8 Å². The molecule has 8 heteroatoms. The molecule has 0 aliphatic heterocycles. The van der Waals surface area contributed by atoms with Gasteiger partial charge in [-0.15, -0.1) is 11.3 Å². The number of nitrogens with one attached hydrogen (secondary N) is 1. The largest absolute Gasteiger partial charge is 0.496 e. The van der Waals surface area contributed by atoms with Gasteiger partial charge in [0, 0.05) is 17.7 Å². The molecule has 0 bridgehead atoms. The average Bonchev–Trinajstić information content (AvgIpc) is 2.99. The molecule has 0 fully saturated rings. The van der Waals surface area contributed by atoms with Crippen molar-refractivity contribution in [3.05, 3.63) is 34.3 Å². The van der Waals surface area contributed by atoms with Crippen LogP contribution in [0, 0.1) is 6.92 Å². The zero-order chi connectivity index (χ0) is 20.2. The van der Waals surface area contributed by atoms with Gasteiger partial charge in [0.25, 0.3) is 0 Å². The molecule has 1 heterocycles. The maximum Gasteiger partial charge on any atom is 0.407 e. The monoisotopic (exact) mass is 392 g/mol. The zero-order valence-corrected chi connectivity index (χ0v) is 17.2. The molecule has 0 aliphatic carbocycles. The summed E-state index contributed by atoms with van der Waals surface area (Å²) < 4.78 is 15.4. The number of carbonyl (C=O) groups is 2. The number of alkyl carbamates (subject to hydrolysis) is 1. The third kappa shape index (κ3) is 5.43. The van der Waals surface area contributed by atoms with Crippen molar-refractivity contribution in [3.63, 3.8) is 0 Å². The fourth-order valence-corrected chi connectivity index (χ4v) is 3.31. The molecule has 0 aliphatic rings. The highest BCUT2D eigenvalue weighted by molar-refractivity contribution is 7.17. The molecule has 2 rings (SSSR count). The van der Waals surface area contributed by atoms with Gasteiger partial charge in [-0.1, -0.05) is 0 Å². The Hall–Kier alpha value is -2.61. The van der Waals surface area contributed by atoms with Gasteiger partial charge < -0.3 is 19.5 Å². The molecule has 146 valence electrons. The lowest BCUT2D eigenvalue weighted by atomic mass is 10.1. The van der Waals surface area contributed by atoms with Crippen molar-refractivity contribution in [3.8, 4) is 16.3 Å². The van der Waals surface area contributed by atoms with Crippen molar-refractivity contribution in [2.45, 2.75) is 39.8 Å². The van der Waals surface area contributed by atoms with E-state index in [2.05, 4.69) is 10.3 Å². The fraction of sp³-hybridized carbons (Fsp3) is 0.421. The van der Waals surface area contributed by atoms with E-state index in [1.165, 1.54) is 18.4 Å². The van der Waals surface area contributed by atoms with Crippen LogP contribution in [0.25, 0.3) is 10.6 Å². The van der Waals surface area contributed by atoms with Crippen LogP contribution in [0.5, 0.6) is 5.75 Å². The van der Waals surface area contributed by atoms with Crippen LogP contribution in [0.3, 0.4) is 0 Å². The molecule has 0 unspecified atom stereocenters. The summed E-state index contributed by atoms with van der Waals surface area (Å²) in [6.07, 6.45) is -0.506. The van der Waals surface area contributed by atoms with E-state index < -0.39 is 17.7 Å². The van der Waals surface area contributed by atoms with Crippen molar-refractivity contribution in [1.29, 1.82) is 0 Å². The molecule has 7 nitrogen and oxygen atoms in total. The first-order chi connectivity index (χ1) is 12.6. The first kappa shape index (κ1) is 20.7. The van der Waals surface area contributed by atoms with Gasteiger partial charge in [0.05, 0.1) is 19.9 Å². The number of ether oxygens (including phenoxy) is 3. The molecule has 1 aromatic heterocycles. The molecule has 0 radical (unpaired) electrons. The number of hydrogen-bond donors (Lipinski definition) is 1. The van der Waals surface area contributed by atoms with Crippen LogP contribution in [0.4, 0.5) is 4.79 Å². The van der Waals surface area contributed by atoms with Gasteiger partial charge in [-0.2, -0.15) is 0 Å². The van der Waals surface area contributed by atoms with Gasteiger partial charge >= 0.3 is 12.1 Å². The van der Waals surface area contributed by atoms with E-state index in [4.69, 9.17) is 14.2 Å². The number of thiazole rings is 1. The Morgan fingerprint density at radius 3 is 2.52 bits per heavy atom. The molecule has 0 saturated heterocycles. The van der Waals surface area contributed by atoms with Crippen molar-refractivity contribution in [2.75, 3.05) is 14.2 Å². The Morgan fingerprint density at radius 2 is 1.93 bits per heavy atom. The molecule has 1 amide bonds. The number of aromatic nitrogens is 1. The van der Waals surface area contributed by atoms with E-state index >= 15 is 0 Å². The minimum absolute atomic E-state index is 0.236. The van der Waals surface area contributed by atoms with E-state index in [0.717, 1.165) is 11.1 Å². The highest BCUT2D eigenvalue weighted by Crippen LogP contribution is 2.31. The van der Waals surface area contributed by atoms with Crippen molar-refractivity contribution in [2.24, 2.45) is 0 Å². The molecular weight excluding hydrogens is 368 g/mol. The summed E-state index contributed by atoms with van der Waals surface area (Å²) in [4.78, 5) is 28.6. The smallest absolute Gasteiger partial charge is 0.407 e. The molecule has 2 aromatic rings. The summed E-state index contributed by atoms with van der Waals surface area (Å²) in [7, 11) is 2.91. The maximum atomic E-state index is 11.9. The van der Waals surface area contributed by atoms with E-state index in [1.807, 2.05) is 12.1 Å². The second-order valence-electron chi connectivity index (χ2n) is 6.81. The second-order valence-corrected chi connectivity index (χ2v) is 7.81. The van der Waals surface area contributed by atoms with Gasteiger partial charge in [0.1, 0.15) is 21.2 Å². The third-order valence-corrected chi connectivity index (χ3v) is 4.70. The van der Waals surface area contributed by atoms with Crippen LogP contribution >= 0.6 is 11.3 Å². The van der Waals surface area contributed by atoms with Crippen LogP contribution < -0.4 is 10.1 Å². The Morgan fingerprint density at radius 1 is 1.22 bits per heavy atom. The average molecular weight is 392 g/mol. The number of carbonyl (C=O) groups excluding carboxylic acids is 2. The number of methoxy groups -OCH3 is 2. The number of aryl methyl sites for hydroxylation is 1. The Kier molecular flexibility index (Phi) is 6.43. The van der Waals surface area contributed by atoms with Crippen LogP contribution in [0.1, 0.15) is 41.7 Å². The summed E-state index contributed by atoms with van der Waals surface area (Å²) in [5.74, 6) is 0.229. The lowest BCUT2D eigenvalue weighted by molar-refractivity contribution is 0.0522. The first-order valence-electron chi connectivity index (χ1n) is 8.34. The number of hydrogen-bond acceptors (Lipinski definition) is 7. The Balaban J connectivity index is 2.25. The highest BCUT2D eigenvalue weighted by atomic mass is 32.1. The summed E-state index contributed by atoms with van der Waals surface area (Å²) in [5.41, 5.74) is 1.64. The predicted octanol–water partition coefficient (Wildman–Crippen LogP) is 3.94. The first-order valence-corrected chi connectivity index (χ1v) is 9.16. The van der Waals surface area contributed by atoms with Crippen molar-refractivity contribution >= 4 is 23.4 Å². The number of esters is 1. The van der Waals surface area contributed by atoms with E-state index in [0.29, 0.717) is 21.3 Å². The van der Waals surface area contributed by atoms with E-state index in [1.54, 1.807) is 40.9 Å². The molecule has 1 N–H and O–H groups in total. The summed E-state index contributed by atoms with van der Waals surface area (Å²) in [5, 5.41) is 3.41. The number of benzene rings is 1. The summed E-state index contributed by atoms with van der Waals surface area (Å²) in [6, 6.07) is 5.53. The van der Waals surface area contributed by atoms with E-state index in [-0.39, 0.29) is 6.54 Å². The number of amides is 1. The van der Waals surface area contributed by atoms with Gasteiger partial charge in [0.2, 0.25) is 0 Å². The quantitative estimate of drug-likeness (QED) is 0.776. The zero-order valence-electron chi connectivity index (χ0n) is 16.3. The third-order valence-electron chi connectivity index (χ3n) is 3.52. The van der Waals surface area contributed by atoms with Crippen LogP contribution in [-0.4, -0.2) is 36.9 Å². The molecule has 0 saturated carbocycles. The molecule has 1 aromatic carbocycles. The molecule has 0 spiro atoms. The van der Waals surface area contributed by atoms with Crippen molar-refractivity contribution in [1.82, 2.24) is 10.3 Å². The van der Waals surface area contributed by atoms with Crippen LogP contribution in [-0.2, 0) is 16.0 Å². The maximum absolute atomic E-state index is 11.9. The SMILES string of the molecule is COC(=O)c1sc(-c2ccc(OC)c(CNC(=O)OC(C)(C)C)c2)nc1C. The van der Waals surface area contributed by atoms with Crippen molar-refractivity contribution < 1.29 is 23.8 Å². The standard InChI is InChI=1S/C19H24N2O5S/c1-11-15(17(22)25-6)27-16(21-11)12-7-8-14(24-5)13(9-12)10-20-18(23)26-19(2,3)4/h7-9H,10H2,1-6H3,(H,20,23). The van der Waals surface area contributed by atoms with Crippen LogP contribution in [0.2, 0.25) is 0 Å². The summed E-state index contributed by atoms with van der Waals surface area (Å²) in [6.45, 7) is 7.41. The van der Waals surface area contributed by atoms with Gasteiger partial charge in [-0.25, -0.2) is 14.6 Å². The summed E-state index contributed by atoms with van der Waals surface area (Å²) >= 11 is 1.26. The van der Waals surface area contributed by atoms with Gasteiger partial charge in [-0.05, 0) is 45.9 Å². The minimum atomic E-state index is -0.571. The molecule has 27 heavy (non-hydrogen) atoms. The van der Waals surface area contributed by atoms with Gasteiger partial charge in [-0.3, -0.25) is 0 Å². The molecular formula is C19H24N2O5S. The predicted molar refractivity (Wildman–Crippen MR) is 103 cm³/mol. The fourth-order valence-electron chi connectivity index (χ4n) is 2.33. The number of nitrogens with zero attached hydrogens (tertiary/aromatic N) is 1. The second kappa shape index (κ2) is 8.39. The van der Waals surface area contributed by atoms with Crippen LogP contribution in [0.15, 0.2) is 18.2 Å². The Labute approximate surface area is 162 Å². The molecule has 0 atom stereocenters. The minimum Gasteiger partial charge on any atom is -0.496 e. The lowest BCUT2D eigenvalue weighted by Crippen LogP contribution is -2.32.